The third kappa shape index (κ3) is 2.85. The molecule has 0 aromatic heterocycles. The van der Waals surface area contributed by atoms with Crippen LogP contribution < -0.4 is 0 Å². The molecule has 0 unspecified atom stereocenters. The smallest absolute Gasteiger partial charge is 0.0465 e. The molecule has 1 rings (SSSR count). The van der Waals surface area contributed by atoms with E-state index < -0.39 is 0 Å². The number of aryl methyl sites for hydroxylation is 4. The third-order valence-corrected chi connectivity index (χ3v) is 2.75. The maximum atomic E-state index is 5.06. The first-order chi connectivity index (χ1) is 6.65. The van der Waals surface area contributed by atoms with Gasteiger partial charge in [-0.3, -0.25) is 0 Å². The van der Waals surface area contributed by atoms with E-state index in [9.17, 15) is 0 Å². The molecule has 0 bridgehead atoms. The minimum absolute atomic E-state index is 0.854. The summed E-state index contributed by atoms with van der Waals surface area (Å²) in [6.45, 7) is 7.39. The van der Waals surface area contributed by atoms with Crippen molar-refractivity contribution in [2.24, 2.45) is 0 Å². The molecule has 0 amide bonds. The number of hydrogen-bond acceptors (Lipinski definition) is 1. The maximum Gasteiger partial charge on any atom is 0.0465 e. The number of methoxy groups -OCH3 is 1. The lowest BCUT2D eigenvalue weighted by Gasteiger charge is -2.09. The first kappa shape index (κ1) is 11.3. The van der Waals surface area contributed by atoms with Crippen LogP contribution >= 0.6 is 0 Å². The van der Waals surface area contributed by atoms with Gasteiger partial charge in [-0.05, 0) is 55.9 Å². The molecule has 78 valence electrons. The largest absolute Gasteiger partial charge is 0.385 e. The van der Waals surface area contributed by atoms with Crippen LogP contribution in [-0.4, -0.2) is 13.7 Å². The van der Waals surface area contributed by atoms with E-state index in [4.69, 9.17) is 4.74 Å². The molecule has 1 nitrogen and oxygen atoms in total. The molecule has 0 atom stereocenters. The molecule has 0 aliphatic carbocycles. The molecule has 1 aromatic carbocycles. The highest BCUT2D eigenvalue weighted by atomic mass is 16.5. The molecule has 0 N–H and O–H groups in total. The Morgan fingerprint density at radius 1 is 1.00 bits per heavy atom. The van der Waals surface area contributed by atoms with E-state index in [2.05, 4.69) is 32.9 Å². The normalized spacial score (nSPS) is 10.6. The van der Waals surface area contributed by atoms with Crippen LogP contribution in [0.25, 0.3) is 0 Å². The van der Waals surface area contributed by atoms with Gasteiger partial charge in [0.1, 0.15) is 0 Å². The van der Waals surface area contributed by atoms with Gasteiger partial charge in [0.25, 0.3) is 0 Å². The van der Waals surface area contributed by atoms with Gasteiger partial charge in [-0.25, -0.2) is 0 Å². The Morgan fingerprint density at radius 3 is 2.29 bits per heavy atom. The summed E-state index contributed by atoms with van der Waals surface area (Å²) in [7, 11) is 1.76. The van der Waals surface area contributed by atoms with Gasteiger partial charge in [-0.2, -0.15) is 0 Å². The molecule has 0 aliphatic rings. The van der Waals surface area contributed by atoms with E-state index in [0.29, 0.717) is 0 Å². The zero-order valence-corrected chi connectivity index (χ0v) is 9.68. The van der Waals surface area contributed by atoms with Crippen molar-refractivity contribution in [3.8, 4) is 0 Å². The molecule has 0 radical (unpaired) electrons. The van der Waals surface area contributed by atoms with Crippen molar-refractivity contribution in [3.63, 3.8) is 0 Å². The summed E-state index contributed by atoms with van der Waals surface area (Å²) in [5.74, 6) is 0. The predicted octanol–water partition coefficient (Wildman–Crippen LogP) is 3.19. The molecule has 0 heterocycles. The SMILES string of the molecule is COCCCc1cc(C)c(C)cc1C. The number of benzene rings is 1. The van der Waals surface area contributed by atoms with Gasteiger partial charge >= 0.3 is 0 Å². The summed E-state index contributed by atoms with van der Waals surface area (Å²) in [5.41, 5.74) is 5.65. The van der Waals surface area contributed by atoms with E-state index in [1.54, 1.807) is 7.11 Å². The van der Waals surface area contributed by atoms with Crippen LogP contribution in [0.2, 0.25) is 0 Å². The van der Waals surface area contributed by atoms with Crippen molar-refractivity contribution >= 4 is 0 Å². The molecule has 0 spiro atoms. The van der Waals surface area contributed by atoms with Crippen molar-refractivity contribution in [3.05, 3.63) is 34.4 Å². The molecule has 0 saturated carbocycles. The van der Waals surface area contributed by atoms with Crippen LogP contribution in [0.15, 0.2) is 12.1 Å². The van der Waals surface area contributed by atoms with E-state index in [0.717, 1.165) is 19.4 Å². The lowest BCUT2D eigenvalue weighted by Crippen LogP contribution is -1.96. The Labute approximate surface area is 87.1 Å². The summed E-state index contributed by atoms with van der Waals surface area (Å²) in [6.07, 6.45) is 2.24. The Morgan fingerprint density at radius 2 is 1.64 bits per heavy atom. The summed E-state index contributed by atoms with van der Waals surface area (Å²) in [6, 6.07) is 4.58. The fraction of sp³-hybridized carbons (Fsp3) is 0.538. The molecule has 0 saturated heterocycles. The fourth-order valence-electron chi connectivity index (χ4n) is 1.70. The van der Waals surface area contributed by atoms with Gasteiger partial charge < -0.3 is 4.74 Å². The second-order valence-electron chi connectivity index (χ2n) is 3.96. The predicted molar refractivity (Wildman–Crippen MR) is 60.9 cm³/mol. The van der Waals surface area contributed by atoms with Crippen molar-refractivity contribution in [2.45, 2.75) is 33.6 Å². The summed E-state index contributed by atoms with van der Waals surface area (Å²) < 4.78 is 5.06. The van der Waals surface area contributed by atoms with Crippen molar-refractivity contribution < 1.29 is 4.74 Å². The Balaban J connectivity index is 2.72. The van der Waals surface area contributed by atoms with E-state index in [-0.39, 0.29) is 0 Å². The van der Waals surface area contributed by atoms with Gasteiger partial charge in [0.2, 0.25) is 0 Å². The average Bonchev–Trinajstić information content (AvgIpc) is 2.14. The molecular formula is C13H20O. The van der Waals surface area contributed by atoms with Crippen LogP contribution in [0.1, 0.15) is 28.7 Å². The minimum Gasteiger partial charge on any atom is -0.385 e. The molecular weight excluding hydrogens is 172 g/mol. The Kier molecular flexibility index (Phi) is 4.15. The van der Waals surface area contributed by atoms with Gasteiger partial charge in [-0.15, -0.1) is 0 Å². The first-order valence-electron chi connectivity index (χ1n) is 5.21. The van der Waals surface area contributed by atoms with Crippen molar-refractivity contribution in [2.75, 3.05) is 13.7 Å². The van der Waals surface area contributed by atoms with Crippen LogP contribution in [0.5, 0.6) is 0 Å². The molecule has 1 aromatic rings. The van der Waals surface area contributed by atoms with Gasteiger partial charge in [0, 0.05) is 13.7 Å². The summed E-state index contributed by atoms with van der Waals surface area (Å²) in [4.78, 5) is 0. The lowest BCUT2D eigenvalue weighted by molar-refractivity contribution is 0.195. The van der Waals surface area contributed by atoms with Gasteiger partial charge in [-0.1, -0.05) is 12.1 Å². The highest BCUT2D eigenvalue weighted by molar-refractivity contribution is 5.36. The number of ether oxygens (including phenoxy) is 1. The quantitative estimate of drug-likeness (QED) is 0.666. The minimum atomic E-state index is 0.854. The molecule has 0 aliphatic heterocycles. The van der Waals surface area contributed by atoms with E-state index in [1.807, 2.05) is 0 Å². The summed E-state index contributed by atoms with van der Waals surface area (Å²) in [5, 5.41) is 0. The van der Waals surface area contributed by atoms with Gasteiger partial charge in [0.05, 0.1) is 0 Å². The summed E-state index contributed by atoms with van der Waals surface area (Å²) >= 11 is 0. The van der Waals surface area contributed by atoms with Crippen LogP contribution in [0.4, 0.5) is 0 Å². The highest BCUT2D eigenvalue weighted by Gasteiger charge is 2.01. The van der Waals surface area contributed by atoms with Crippen LogP contribution in [0, 0.1) is 20.8 Å². The third-order valence-electron chi connectivity index (χ3n) is 2.75. The molecule has 0 fully saturated rings. The van der Waals surface area contributed by atoms with Crippen LogP contribution in [0.3, 0.4) is 0 Å². The van der Waals surface area contributed by atoms with E-state index in [1.165, 1.54) is 22.3 Å². The molecule has 14 heavy (non-hydrogen) atoms. The van der Waals surface area contributed by atoms with Crippen LogP contribution in [-0.2, 0) is 11.2 Å². The monoisotopic (exact) mass is 192 g/mol. The highest BCUT2D eigenvalue weighted by Crippen LogP contribution is 2.16. The van der Waals surface area contributed by atoms with Crippen molar-refractivity contribution in [1.82, 2.24) is 0 Å². The topological polar surface area (TPSA) is 9.23 Å². The second kappa shape index (κ2) is 5.16. The first-order valence-corrected chi connectivity index (χ1v) is 5.21. The Bertz CT molecular complexity index is 302. The standard InChI is InChI=1S/C13H20O/c1-10-8-12(3)13(9-11(10)2)6-5-7-14-4/h8-9H,5-7H2,1-4H3. The van der Waals surface area contributed by atoms with Crippen molar-refractivity contribution in [1.29, 1.82) is 0 Å². The fourth-order valence-corrected chi connectivity index (χ4v) is 1.70. The zero-order chi connectivity index (χ0) is 10.6. The zero-order valence-electron chi connectivity index (χ0n) is 9.68. The second-order valence-corrected chi connectivity index (χ2v) is 3.96. The lowest BCUT2D eigenvalue weighted by atomic mass is 9.98. The average molecular weight is 192 g/mol. The maximum absolute atomic E-state index is 5.06. The number of rotatable bonds is 4. The Hall–Kier alpha value is -0.820. The molecule has 1 heteroatoms. The number of hydrogen-bond donors (Lipinski definition) is 0. The van der Waals surface area contributed by atoms with Gasteiger partial charge in [0.15, 0.2) is 0 Å². The van der Waals surface area contributed by atoms with E-state index >= 15 is 0 Å².